The van der Waals surface area contributed by atoms with Crippen molar-refractivity contribution in [2.45, 2.75) is 12.3 Å². The smallest absolute Gasteiger partial charge is 0.260 e. The molecular formula is C26H28ClF2N7O. The maximum atomic E-state index is 13.4. The Morgan fingerprint density at radius 3 is 2.46 bits per heavy atom. The number of carbonyl (C=O) groups excluding carboxylic acids is 1. The molecule has 1 saturated carbocycles. The molecule has 2 aliphatic rings. The van der Waals surface area contributed by atoms with Crippen molar-refractivity contribution in [3.05, 3.63) is 59.8 Å². The highest BCUT2D eigenvalue weighted by Gasteiger charge is 2.61. The number of amides is 1. The lowest BCUT2D eigenvalue weighted by atomic mass is 10.2. The number of aromatic nitrogens is 2. The van der Waals surface area contributed by atoms with Crippen LogP contribution in [0.25, 0.3) is 0 Å². The number of alkyl halides is 2. The highest BCUT2D eigenvalue weighted by atomic mass is 35.5. The number of hydrogen-bond acceptors (Lipinski definition) is 7. The molecule has 0 radical (unpaired) electrons. The maximum Gasteiger partial charge on any atom is 0.260 e. The maximum absolute atomic E-state index is 13.4. The summed E-state index contributed by atoms with van der Waals surface area (Å²) in [6, 6.07) is 15.0. The highest BCUT2D eigenvalue weighted by molar-refractivity contribution is 6.33. The van der Waals surface area contributed by atoms with Gasteiger partial charge in [-0.05, 0) is 43.4 Å². The zero-order chi connectivity index (χ0) is 26.2. The van der Waals surface area contributed by atoms with Gasteiger partial charge < -0.3 is 25.3 Å². The number of benzene rings is 2. The van der Waals surface area contributed by atoms with E-state index in [1.54, 1.807) is 36.2 Å². The predicted octanol–water partition coefficient (Wildman–Crippen LogP) is 4.99. The van der Waals surface area contributed by atoms with Crippen LogP contribution in [0, 0.1) is 5.92 Å². The molecule has 2 aromatic carbocycles. The van der Waals surface area contributed by atoms with Crippen molar-refractivity contribution >= 4 is 52.0 Å². The lowest BCUT2D eigenvalue weighted by molar-refractivity contribution is -0.119. The zero-order valence-corrected chi connectivity index (χ0v) is 21.3. The minimum absolute atomic E-state index is 0.299. The van der Waals surface area contributed by atoms with Crippen molar-refractivity contribution in [2.75, 3.05) is 60.7 Å². The molecule has 1 aliphatic carbocycles. The van der Waals surface area contributed by atoms with E-state index in [-0.39, 0.29) is 0 Å². The van der Waals surface area contributed by atoms with Gasteiger partial charge in [-0.1, -0.05) is 23.7 Å². The van der Waals surface area contributed by atoms with Gasteiger partial charge in [0, 0.05) is 51.0 Å². The minimum Gasteiger partial charge on any atom is -0.369 e. The molecular weight excluding hydrogens is 500 g/mol. The Balaban J connectivity index is 1.31. The summed E-state index contributed by atoms with van der Waals surface area (Å²) in [4.78, 5) is 27.5. The number of para-hydroxylation sites is 2. The summed E-state index contributed by atoms with van der Waals surface area (Å²) >= 11 is 6.43. The number of halogens is 3. The van der Waals surface area contributed by atoms with Crippen LogP contribution < -0.4 is 20.4 Å². The molecule has 11 heteroatoms. The summed E-state index contributed by atoms with van der Waals surface area (Å²) in [6.45, 7) is 4.05. The second kappa shape index (κ2) is 10.1. The van der Waals surface area contributed by atoms with Crippen LogP contribution in [0.5, 0.6) is 0 Å². The quantitative estimate of drug-likeness (QED) is 0.448. The summed E-state index contributed by atoms with van der Waals surface area (Å²) in [5.41, 5.74) is 2.94. The fraction of sp³-hybridized carbons (Fsp3) is 0.346. The Labute approximate surface area is 219 Å². The van der Waals surface area contributed by atoms with E-state index in [0.717, 1.165) is 31.9 Å². The van der Waals surface area contributed by atoms with E-state index < -0.39 is 24.2 Å². The first-order valence-electron chi connectivity index (χ1n) is 12.1. The molecule has 1 aliphatic heterocycles. The number of piperazine rings is 1. The van der Waals surface area contributed by atoms with Crippen LogP contribution in [0.15, 0.2) is 54.7 Å². The van der Waals surface area contributed by atoms with E-state index in [2.05, 4.69) is 49.6 Å². The number of carbonyl (C=O) groups is 1. The number of nitrogens with zero attached hydrogens (tertiary/aromatic N) is 5. The van der Waals surface area contributed by atoms with Gasteiger partial charge in [-0.15, -0.1) is 0 Å². The molecule has 1 atom stereocenters. The van der Waals surface area contributed by atoms with Gasteiger partial charge in [-0.25, -0.2) is 13.8 Å². The van der Waals surface area contributed by atoms with Crippen LogP contribution in [0.1, 0.15) is 6.42 Å². The van der Waals surface area contributed by atoms with Crippen LogP contribution in [0.3, 0.4) is 0 Å². The summed E-state index contributed by atoms with van der Waals surface area (Å²) in [7, 11) is 3.87. The summed E-state index contributed by atoms with van der Waals surface area (Å²) in [6.07, 6.45) is 1.06. The van der Waals surface area contributed by atoms with E-state index in [9.17, 15) is 13.6 Å². The first-order chi connectivity index (χ1) is 17.7. The molecule has 5 rings (SSSR count). The largest absolute Gasteiger partial charge is 0.369 e. The average Bonchev–Trinajstić information content (AvgIpc) is 3.54. The Morgan fingerprint density at radius 2 is 1.78 bits per heavy atom. The van der Waals surface area contributed by atoms with Gasteiger partial charge in [0.1, 0.15) is 10.9 Å². The third-order valence-electron chi connectivity index (χ3n) is 6.70. The topological polar surface area (TPSA) is 76.6 Å². The van der Waals surface area contributed by atoms with E-state index >= 15 is 0 Å². The van der Waals surface area contributed by atoms with Gasteiger partial charge >= 0.3 is 0 Å². The number of anilines is 6. The van der Waals surface area contributed by atoms with Crippen LogP contribution in [0.2, 0.25) is 5.02 Å². The second-order valence-electron chi connectivity index (χ2n) is 9.41. The lowest BCUT2D eigenvalue weighted by Crippen LogP contribution is -2.44. The van der Waals surface area contributed by atoms with Crippen molar-refractivity contribution in [1.29, 1.82) is 0 Å². The van der Waals surface area contributed by atoms with Crippen LogP contribution in [-0.4, -0.2) is 67.0 Å². The normalized spacial score (nSPS) is 18.8. The van der Waals surface area contributed by atoms with E-state index in [1.165, 1.54) is 11.9 Å². The van der Waals surface area contributed by atoms with E-state index in [0.29, 0.717) is 28.2 Å². The van der Waals surface area contributed by atoms with Gasteiger partial charge in [0.05, 0.1) is 17.6 Å². The molecule has 1 saturated heterocycles. The van der Waals surface area contributed by atoms with Gasteiger partial charge in [0.2, 0.25) is 11.9 Å². The van der Waals surface area contributed by atoms with E-state index in [1.807, 2.05) is 12.1 Å². The van der Waals surface area contributed by atoms with Gasteiger partial charge in [0.25, 0.3) is 5.92 Å². The fourth-order valence-electron chi connectivity index (χ4n) is 4.31. The summed E-state index contributed by atoms with van der Waals surface area (Å²) in [5.74, 6) is -4.21. The molecule has 2 heterocycles. The minimum atomic E-state index is -2.94. The number of likely N-dealkylation sites (N-methyl/N-ethyl adjacent to an activating group) is 1. The predicted molar refractivity (Wildman–Crippen MR) is 143 cm³/mol. The standard InChI is InChI=1S/C26H28ClF2N7O/c1-34-11-13-36(14-12-34)18-9-7-17(8-10-18)31-25-30-16-20(27)23(33-25)35(2)22-6-4-3-5-21(22)32-24(37)19-15-26(19,28)29/h3-10,16,19H,11-15H2,1-2H3,(H,32,37)(H,30,31,33)/t19-/m0/s1. The number of nitrogens with one attached hydrogen (secondary N) is 2. The summed E-state index contributed by atoms with van der Waals surface area (Å²) in [5, 5.41) is 6.12. The second-order valence-corrected chi connectivity index (χ2v) is 9.82. The molecule has 37 heavy (non-hydrogen) atoms. The number of rotatable bonds is 7. The average molecular weight is 528 g/mol. The van der Waals surface area contributed by atoms with Gasteiger partial charge in [0.15, 0.2) is 5.82 Å². The highest BCUT2D eigenvalue weighted by Crippen LogP contribution is 2.49. The lowest BCUT2D eigenvalue weighted by Gasteiger charge is -2.34. The Kier molecular flexibility index (Phi) is 6.87. The van der Waals surface area contributed by atoms with Crippen molar-refractivity contribution in [3.8, 4) is 0 Å². The molecule has 2 fully saturated rings. The summed E-state index contributed by atoms with van der Waals surface area (Å²) < 4.78 is 26.7. The molecule has 0 spiro atoms. The molecule has 2 N–H and O–H groups in total. The van der Waals surface area contributed by atoms with Gasteiger partial charge in [-0.3, -0.25) is 4.79 Å². The SMILES string of the molecule is CN1CCN(c2ccc(Nc3ncc(Cl)c(N(C)c4ccccc4NC(=O)[C@@H]4CC4(F)F)n3)cc2)CC1. The molecule has 1 aromatic heterocycles. The Morgan fingerprint density at radius 1 is 1.11 bits per heavy atom. The van der Waals surface area contributed by atoms with Crippen molar-refractivity contribution < 1.29 is 13.6 Å². The zero-order valence-electron chi connectivity index (χ0n) is 20.6. The van der Waals surface area contributed by atoms with Crippen LogP contribution in [0.4, 0.5) is 43.3 Å². The molecule has 0 unspecified atom stereocenters. The van der Waals surface area contributed by atoms with Gasteiger partial charge in [-0.2, -0.15) is 4.98 Å². The molecule has 3 aromatic rings. The molecule has 0 bridgehead atoms. The van der Waals surface area contributed by atoms with E-state index in [4.69, 9.17) is 11.6 Å². The van der Waals surface area contributed by atoms with Crippen molar-refractivity contribution in [3.63, 3.8) is 0 Å². The third-order valence-corrected chi connectivity index (χ3v) is 6.97. The monoisotopic (exact) mass is 527 g/mol. The fourth-order valence-corrected chi connectivity index (χ4v) is 4.52. The number of hydrogen-bond donors (Lipinski definition) is 2. The Bertz CT molecular complexity index is 1280. The molecule has 8 nitrogen and oxygen atoms in total. The first-order valence-corrected chi connectivity index (χ1v) is 12.4. The molecule has 1 amide bonds. The van der Waals surface area contributed by atoms with Crippen LogP contribution in [-0.2, 0) is 4.79 Å². The van der Waals surface area contributed by atoms with Crippen LogP contribution >= 0.6 is 11.6 Å². The first kappa shape index (κ1) is 25.2. The molecule has 194 valence electrons. The van der Waals surface area contributed by atoms with Crippen molar-refractivity contribution in [1.82, 2.24) is 14.9 Å². The Hall–Kier alpha value is -3.50. The van der Waals surface area contributed by atoms with Crippen molar-refractivity contribution in [2.24, 2.45) is 5.92 Å². The third kappa shape index (κ3) is 5.60.